The van der Waals surface area contributed by atoms with Crippen LogP contribution in [0.3, 0.4) is 0 Å². The maximum atomic E-state index is 11.8. The van der Waals surface area contributed by atoms with Gasteiger partial charge >= 0.3 is 5.97 Å². The largest absolute Gasteiger partial charge is 0.481 e. The smallest absolute Gasteiger partial charge is 0.303 e. The zero-order valence-corrected chi connectivity index (χ0v) is 11.5. The van der Waals surface area contributed by atoms with E-state index in [9.17, 15) is 14.4 Å². The van der Waals surface area contributed by atoms with Gasteiger partial charge in [-0.05, 0) is 6.42 Å². The van der Waals surface area contributed by atoms with E-state index >= 15 is 0 Å². The molecule has 0 spiro atoms. The summed E-state index contributed by atoms with van der Waals surface area (Å²) >= 11 is 0. The number of amides is 1. The maximum absolute atomic E-state index is 11.8. The predicted octanol–water partition coefficient (Wildman–Crippen LogP) is 1.97. The Bertz CT molecular complexity index is 470. The van der Waals surface area contributed by atoms with Gasteiger partial charge in [-0.1, -0.05) is 30.3 Å². The SMILES string of the molecule is CN(CCCC(=O)O)C(=O)CCC(=O)c1ccccc1. The number of rotatable bonds is 8. The number of aliphatic carboxylic acids is 1. The van der Waals surface area contributed by atoms with Crippen LogP contribution in [0.4, 0.5) is 0 Å². The van der Waals surface area contributed by atoms with Crippen molar-refractivity contribution in [2.45, 2.75) is 25.7 Å². The Morgan fingerprint density at radius 1 is 1.05 bits per heavy atom. The minimum atomic E-state index is -0.870. The molecule has 5 nitrogen and oxygen atoms in total. The van der Waals surface area contributed by atoms with Gasteiger partial charge in [-0.15, -0.1) is 0 Å². The Balaban J connectivity index is 2.32. The second-order valence-corrected chi connectivity index (χ2v) is 4.60. The van der Waals surface area contributed by atoms with E-state index in [1.165, 1.54) is 4.90 Å². The third kappa shape index (κ3) is 5.65. The molecule has 1 rings (SSSR count). The molecule has 0 atom stereocenters. The summed E-state index contributed by atoms with van der Waals surface area (Å²) in [5.41, 5.74) is 0.605. The van der Waals surface area contributed by atoms with E-state index in [1.807, 2.05) is 6.07 Å². The summed E-state index contributed by atoms with van der Waals surface area (Å²) in [4.78, 5) is 35.5. The maximum Gasteiger partial charge on any atom is 0.303 e. The van der Waals surface area contributed by atoms with Crippen molar-refractivity contribution in [3.8, 4) is 0 Å². The Kier molecular flexibility index (Phi) is 6.43. The highest BCUT2D eigenvalue weighted by Gasteiger charge is 2.12. The average Bonchev–Trinajstić information content (AvgIpc) is 2.44. The van der Waals surface area contributed by atoms with Crippen molar-refractivity contribution in [2.24, 2.45) is 0 Å². The number of hydrogen-bond donors (Lipinski definition) is 1. The van der Waals surface area contributed by atoms with Gasteiger partial charge in [0.2, 0.25) is 5.91 Å². The van der Waals surface area contributed by atoms with Crippen molar-refractivity contribution in [3.63, 3.8) is 0 Å². The molecular weight excluding hydrogens is 258 g/mol. The number of Topliss-reactive ketones (excluding diaryl/α,β-unsaturated/α-hetero) is 1. The minimum absolute atomic E-state index is 0.0422. The number of ketones is 1. The highest BCUT2D eigenvalue weighted by atomic mass is 16.4. The first kappa shape index (κ1) is 15.9. The molecular formula is C15H19NO4. The summed E-state index contributed by atoms with van der Waals surface area (Å²) in [7, 11) is 1.62. The van der Waals surface area contributed by atoms with Crippen molar-refractivity contribution in [1.29, 1.82) is 0 Å². The van der Waals surface area contributed by atoms with Gasteiger partial charge in [0.05, 0.1) is 0 Å². The normalized spacial score (nSPS) is 10.1. The lowest BCUT2D eigenvalue weighted by molar-refractivity contribution is -0.138. The fourth-order valence-corrected chi connectivity index (χ4v) is 1.77. The van der Waals surface area contributed by atoms with Crippen molar-refractivity contribution >= 4 is 17.7 Å². The molecule has 0 saturated heterocycles. The lowest BCUT2D eigenvalue weighted by Gasteiger charge is -2.16. The molecule has 20 heavy (non-hydrogen) atoms. The van der Waals surface area contributed by atoms with Crippen LogP contribution in [-0.2, 0) is 9.59 Å². The van der Waals surface area contributed by atoms with Crippen molar-refractivity contribution in [1.82, 2.24) is 4.90 Å². The number of carboxylic acid groups (broad SMARTS) is 1. The summed E-state index contributed by atoms with van der Waals surface area (Å²) < 4.78 is 0. The number of carboxylic acids is 1. The summed E-state index contributed by atoms with van der Waals surface area (Å²) in [6.07, 6.45) is 0.786. The van der Waals surface area contributed by atoms with Gasteiger partial charge < -0.3 is 10.0 Å². The van der Waals surface area contributed by atoms with Crippen LogP contribution in [0.2, 0.25) is 0 Å². The lowest BCUT2D eigenvalue weighted by Crippen LogP contribution is -2.28. The third-order valence-electron chi connectivity index (χ3n) is 2.97. The highest BCUT2D eigenvalue weighted by molar-refractivity contribution is 5.97. The minimum Gasteiger partial charge on any atom is -0.481 e. The molecule has 0 unspecified atom stereocenters. The molecule has 0 bridgehead atoms. The highest BCUT2D eigenvalue weighted by Crippen LogP contribution is 2.06. The first-order valence-electron chi connectivity index (χ1n) is 6.54. The zero-order valence-electron chi connectivity index (χ0n) is 11.5. The molecule has 1 aromatic carbocycles. The molecule has 0 aliphatic heterocycles. The molecule has 0 aromatic heterocycles. The van der Waals surface area contributed by atoms with Crippen molar-refractivity contribution in [3.05, 3.63) is 35.9 Å². The predicted molar refractivity (Wildman–Crippen MR) is 74.5 cm³/mol. The lowest BCUT2D eigenvalue weighted by atomic mass is 10.1. The Morgan fingerprint density at radius 3 is 2.30 bits per heavy atom. The van der Waals surface area contributed by atoms with Crippen molar-refractivity contribution in [2.75, 3.05) is 13.6 Å². The molecule has 0 heterocycles. The zero-order chi connectivity index (χ0) is 15.0. The quantitative estimate of drug-likeness (QED) is 0.737. The van der Waals surface area contributed by atoms with E-state index in [0.717, 1.165) is 0 Å². The van der Waals surface area contributed by atoms with Crippen molar-refractivity contribution < 1.29 is 19.5 Å². The number of benzene rings is 1. The third-order valence-corrected chi connectivity index (χ3v) is 2.97. The van der Waals surface area contributed by atoms with Crippen LogP contribution in [0.25, 0.3) is 0 Å². The van der Waals surface area contributed by atoms with Gasteiger partial charge in [-0.25, -0.2) is 0 Å². The first-order chi connectivity index (χ1) is 9.50. The van der Waals surface area contributed by atoms with Gasteiger partial charge in [0.25, 0.3) is 0 Å². The first-order valence-corrected chi connectivity index (χ1v) is 6.54. The fraction of sp³-hybridized carbons (Fsp3) is 0.400. The van der Waals surface area contributed by atoms with E-state index in [-0.39, 0.29) is 31.0 Å². The van der Waals surface area contributed by atoms with Crippen LogP contribution in [0.5, 0.6) is 0 Å². The molecule has 0 aliphatic carbocycles. The van der Waals surface area contributed by atoms with Crippen LogP contribution < -0.4 is 0 Å². The van der Waals surface area contributed by atoms with E-state index in [0.29, 0.717) is 18.5 Å². The average molecular weight is 277 g/mol. The van der Waals surface area contributed by atoms with Crippen LogP contribution >= 0.6 is 0 Å². The molecule has 0 saturated carbocycles. The molecule has 0 fully saturated rings. The number of carbonyl (C=O) groups excluding carboxylic acids is 2. The molecule has 0 radical (unpaired) electrons. The van der Waals surface area contributed by atoms with Gasteiger partial charge in [-0.2, -0.15) is 0 Å². The Morgan fingerprint density at radius 2 is 1.70 bits per heavy atom. The topological polar surface area (TPSA) is 74.7 Å². The van der Waals surface area contributed by atoms with E-state index < -0.39 is 5.97 Å². The summed E-state index contributed by atoms with van der Waals surface area (Å²) in [6, 6.07) is 8.85. The standard InChI is InChI=1S/C15H19NO4/c1-16(11-5-8-15(19)20)14(18)10-9-13(17)12-6-3-2-4-7-12/h2-4,6-7H,5,8-11H2,1H3,(H,19,20). The van der Waals surface area contributed by atoms with Crippen LogP contribution in [0, 0.1) is 0 Å². The molecule has 0 aliphatic rings. The summed E-state index contributed by atoms with van der Waals surface area (Å²) in [5.74, 6) is -1.07. The van der Waals surface area contributed by atoms with Crippen LogP contribution in [0.15, 0.2) is 30.3 Å². The molecule has 108 valence electrons. The second kappa shape index (κ2) is 8.09. The van der Waals surface area contributed by atoms with E-state index in [2.05, 4.69) is 0 Å². The van der Waals surface area contributed by atoms with Crippen LogP contribution in [-0.4, -0.2) is 41.3 Å². The summed E-state index contributed by atoms with van der Waals surface area (Å²) in [6.45, 7) is 0.394. The Hall–Kier alpha value is -2.17. The van der Waals surface area contributed by atoms with Gasteiger partial charge in [0, 0.05) is 38.4 Å². The molecule has 1 amide bonds. The number of nitrogens with zero attached hydrogens (tertiary/aromatic N) is 1. The monoisotopic (exact) mass is 277 g/mol. The van der Waals surface area contributed by atoms with Gasteiger partial charge in [-0.3, -0.25) is 14.4 Å². The van der Waals surface area contributed by atoms with E-state index in [1.54, 1.807) is 31.3 Å². The Labute approximate surface area is 118 Å². The molecule has 1 N–H and O–H groups in total. The molecule has 5 heteroatoms. The van der Waals surface area contributed by atoms with Gasteiger partial charge in [0.1, 0.15) is 0 Å². The fourth-order valence-electron chi connectivity index (χ4n) is 1.77. The van der Waals surface area contributed by atoms with Gasteiger partial charge in [0.15, 0.2) is 5.78 Å². The number of hydrogen-bond acceptors (Lipinski definition) is 3. The van der Waals surface area contributed by atoms with E-state index in [4.69, 9.17) is 5.11 Å². The van der Waals surface area contributed by atoms with Crippen LogP contribution in [0.1, 0.15) is 36.0 Å². The number of carbonyl (C=O) groups is 3. The summed E-state index contributed by atoms with van der Waals surface area (Å²) in [5, 5.41) is 8.52. The molecule has 1 aromatic rings. The second-order valence-electron chi connectivity index (χ2n) is 4.60.